The smallest absolute Gasteiger partial charge is 0.346 e. The predicted octanol–water partition coefficient (Wildman–Crippen LogP) is 4.94. The van der Waals surface area contributed by atoms with E-state index in [0.29, 0.717) is 6.54 Å². The van der Waals surface area contributed by atoms with Crippen molar-refractivity contribution in [1.29, 1.82) is 0 Å². The van der Waals surface area contributed by atoms with Crippen LogP contribution in [0, 0.1) is 6.92 Å². The van der Waals surface area contributed by atoms with Gasteiger partial charge in [0, 0.05) is 12.5 Å². The molecule has 1 heterocycles. The average Bonchev–Trinajstić information content (AvgIpc) is 3.00. The van der Waals surface area contributed by atoms with Crippen LogP contribution in [-0.4, -0.2) is 20.5 Å². The molecular formula is C25H33N3O2. The fourth-order valence-electron chi connectivity index (χ4n) is 3.58. The minimum absolute atomic E-state index is 0.0317. The van der Waals surface area contributed by atoms with E-state index in [1.165, 1.54) is 11.1 Å². The molecule has 0 saturated heterocycles. The first-order chi connectivity index (χ1) is 14.3. The molecule has 0 N–H and O–H groups in total. The van der Waals surface area contributed by atoms with E-state index >= 15 is 0 Å². The minimum atomic E-state index is -0.0317. The second-order valence-electron chi connectivity index (χ2n) is 8.47. The predicted molar refractivity (Wildman–Crippen MR) is 121 cm³/mol. The summed E-state index contributed by atoms with van der Waals surface area (Å²) in [4.78, 5) is 12.9. The Kier molecular flexibility index (Phi) is 7.14. The zero-order valence-electron chi connectivity index (χ0n) is 18.8. The van der Waals surface area contributed by atoms with Crippen molar-refractivity contribution in [2.45, 2.75) is 72.6 Å². The molecule has 30 heavy (non-hydrogen) atoms. The fourth-order valence-corrected chi connectivity index (χ4v) is 3.58. The van der Waals surface area contributed by atoms with Gasteiger partial charge in [-0.25, -0.2) is 9.48 Å². The maximum atomic E-state index is 12.9. The Bertz CT molecular complexity index is 996. The van der Waals surface area contributed by atoms with Gasteiger partial charge in [0.25, 0.3) is 0 Å². The molecule has 0 aliphatic rings. The van der Waals surface area contributed by atoms with Gasteiger partial charge in [0.15, 0.2) is 0 Å². The second-order valence-corrected chi connectivity index (χ2v) is 8.47. The van der Waals surface area contributed by atoms with Crippen LogP contribution in [0.4, 0.5) is 0 Å². The van der Waals surface area contributed by atoms with Crippen molar-refractivity contribution in [1.82, 2.24) is 14.3 Å². The molecule has 0 unspecified atom stereocenters. The van der Waals surface area contributed by atoms with Crippen LogP contribution >= 0.6 is 0 Å². The molecule has 0 aliphatic carbocycles. The summed E-state index contributed by atoms with van der Waals surface area (Å²) in [7, 11) is 0. The summed E-state index contributed by atoms with van der Waals surface area (Å²) in [6, 6.07) is 16.6. The van der Waals surface area contributed by atoms with E-state index < -0.39 is 0 Å². The van der Waals surface area contributed by atoms with E-state index in [2.05, 4.69) is 48.4 Å². The molecule has 1 aromatic heterocycles. The van der Waals surface area contributed by atoms with Crippen molar-refractivity contribution in [3.05, 3.63) is 81.5 Å². The van der Waals surface area contributed by atoms with E-state index in [1.807, 2.05) is 44.4 Å². The van der Waals surface area contributed by atoms with E-state index in [4.69, 9.17) is 4.74 Å². The standard InChI is InChI=1S/C25H33N3O2/c1-18(2)28-24(8-6-7-21-13-15-23(16-14-21)30-19(3)4)26-27(25(28)29)17-22-11-9-20(5)10-12-22/h9-16,18-19H,6-8,17H2,1-5H3. The molecule has 5 nitrogen and oxygen atoms in total. The lowest BCUT2D eigenvalue weighted by Crippen LogP contribution is -2.27. The van der Waals surface area contributed by atoms with Crippen LogP contribution in [-0.2, 0) is 19.4 Å². The molecule has 0 bridgehead atoms. The van der Waals surface area contributed by atoms with Crippen molar-refractivity contribution in [2.75, 3.05) is 0 Å². The number of nitrogens with zero attached hydrogens (tertiary/aromatic N) is 3. The molecular weight excluding hydrogens is 374 g/mol. The molecule has 0 aliphatic heterocycles. The van der Waals surface area contributed by atoms with Crippen LogP contribution < -0.4 is 10.4 Å². The van der Waals surface area contributed by atoms with Gasteiger partial charge in [0.2, 0.25) is 0 Å². The number of rotatable bonds is 9. The van der Waals surface area contributed by atoms with Gasteiger partial charge in [-0.05, 0) is 70.7 Å². The number of aryl methyl sites for hydroxylation is 3. The van der Waals surface area contributed by atoms with E-state index in [0.717, 1.165) is 36.4 Å². The van der Waals surface area contributed by atoms with Gasteiger partial charge in [-0.1, -0.05) is 42.0 Å². The fraction of sp³-hybridized carbons (Fsp3) is 0.440. The first-order valence-electron chi connectivity index (χ1n) is 10.8. The van der Waals surface area contributed by atoms with E-state index in [1.54, 1.807) is 4.68 Å². The lowest BCUT2D eigenvalue weighted by Gasteiger charge is -2.10. The van der Waals surface area contributed by atoms with Crippen LogP contribution in [0.15, 0.2) is 53.3 Å². The van der Waals surface area contributed by atoms with Crippen molar-refractivity contribution in [3.8, 4) is 5.75 Å². The number of benzene rings is 2. The largest absolute Gasteiger partial charge is 0.491 e. The highest BCUT2D eigenvalue weighted by molar-refractivity contribution is 5.27. The van der Waals surface area contributed by atoms with Gasteiger partial charge in [-0.15, -0.1) is 0 Å². The van der Waals surface area contributed by atoms with Crippen molar-refractivity contribution in [3.63, 3.8) is 0 Å². The second kappa shape index (κ2) is 9.79. The van der Waals surface area contributed by atoms with Crippen molar-refractivity contribution < 1.29 is 4.74 Å². The SMILES string of the molecule is Cc1ccc(Cn2nc(CCCc3ccc(OC(C)C)cc3)n(C(C)C)c2=O)cc1. The Morgan fingerprint density at radius 1 is 0.900 bits per heavy atom. The zero-order valence-corrected chi connectivity index (χ0v) is 18.8. The summed E-state index contributed by atoms with van der Waals surface area (Å²) in [5.74, 6) is 1.76. The maximum Gasteiger partial charge on any atom is 0.346 e. The normalized spacial score (nSPS) is 11.4. The van der Waals surface area contributed by atoms with Crippen LogP contribution in [0.2, 0.25) is 0 Å². The van der Waals surface area contributed by atoms with Crippen LogP contribution in [0.25, 0.3) is 0 Å². The molecule has 0 atom stereocenters. The third kappa shape index (κ3) is 5.62. The topological polar surface area (TPSA) is 49.0 Å². The summed E-state index contributed by atoms with van der Waals surface area (Å²) in [6.07, 6.45) is 2.84. The first kappa shape index (κ1) is 21.9. The highest BCUT2D eigenvalue weighted by Crippen LogP contribution is 2.16. The Morgan fingerprint density at radius 3 is 2.13 bits per heavy atom. The number of hydrogen-bond donors (Lipinski definition) is 0. The molecule has 3 aromatic rings. The zero-order chi connectivity index (χ0) is 21.7. The summed E-state index contributed by atoms with van der Waals surface area (Å²) in [6.45, 7) is 10.7. The molecule has 160 valence electrons. The molecule has 0 fully saturated rings. The number of ether oxygens (including phenoxy) is 1. The van der Waals surface area contributed by atoms with Gasteiger partial charge >= 0.3 is 5.69 Å². The molecule has 0 amide bonds. The van der Waals surface area contributed by atoms with Gasteiger partial charge in [-0.2, -0.15) is 5.10 Å². The molecule has 3 rings (SSSR count). The van der Waals surface area contributed by atoms with Gasteiger partial charge in [-0.3, -0.25) is 4.57 Å². The Hall–Kier alpha value is -2.82. The maximum absolute atomic E-state index is 12.9. The Morgan fingerprint density at radius 2 is 1.53 bits per heavy atom. The quantitative estimate of drug-likeness (QED) is 0.504. The van der Waals surface area contributed by atoms with Crippen molar-refractivity contribution >= 4 is 0 Å². The Balaban J connectivity index is 1.67. The van der Waals surface area contributed by atoms with Crippen LogP contribution in [0.3, 0.4) is 0 Å². The third-order valence-corrected chi connectivity index (χ3v) is 5.07. The molecule has 0 saturated carbocycles. The highest BCUT2D eigenvalue weighted by Gasteiger charge is 2.16. The monoisotopic (exact) mass is 407 g/mol. The van der Waals surface area contributed by atoms with Crippen LogP contribution in [0.5, 0.6) is 5.75 Å². The molecule has 0 radical (unpaired) electrons. The van der Waals surface area contributed by atoms with Crippen molar-refractivity contribution in [2.24, 2.45) is 0 Å². The lowest BCUT2D eigenvalue weighted by atomic mass is 10.1. The molecule has 5 heteroatoms. The molecule has 0 spiro atoms. The van der Waals surface area contributed by atoms with Gasteiger partial charge in [0.1, 0.15) is 11.6 Å². The lowest BCUT2D eigenvalue weighted by molar-refractivity contribution is 0.242. The Labute approximate surface area is 179 Å². The van der Waals surface area contributed by atoms with Gasteiger partial charge < -0.3 is 4.74 Å². The minimum Gasteiger partial charge on any atom is -0.491 e. The summed E-state index contributed by atoms with van der Waals surface area (Å²) < 4.78 is 9.13. The van der Waals surface area contributed by atoms with Gasteiger partial charge in [0.05, 0.1) is 12.6 Å². The number of aromatic nitrogens is 3. The van der Waals surface area contributed by atoms with Crippen LogP contribution in [0.1, 0.15) is 62.7 Å². The van der Waals surface area contributed by atoms with E-state index in [-0.39, 0.29) is 17.8 Å². The number of hydrogen-bond acceptors (Lipinski definition) is 3. The highest BCUT2D eigenvalue weighted by atomic mass is 16.5. The summed E-state index contributed by atoms with van der Waals surface area (Å²) in [5.41, 5.74) is 3.54. The summed E-state index contributed by atoms with van der Waals surface area (Å²) >= 11 is 0. The molecule has 2 aromatic carbocycles. The third-order valence-electron chi connectivity index (χ3n) is 5.07. The average molecular weight is 408 g/mol. The summed E-state index contributed by atoms with van der Waals surface area (Å²) in [5, 5.41) is 4.67. The van der Waals surface area contributed by atoms with E-state index in [9.17, 15) is 4.79 Å². The first-order valence-corrected chi connectivity index (χ1v) is 10.8.